The minimum atomic E-state index is -1.19. The molecule has 0 bridgehead atoms. The van der Waals surface area contributed by atoms with E-state index in [0.717, 1.165) is 12.0 Å². The molecule has 4 fully saturated rings. The van der Waals surface area contributed by atoms with E-state index in [2.05, 4.69) is 40.7 Å². The molecule has 12 atom stereocenters. The molecular formula is C30H48O7. The summed E-state index contributed by atoms with van der Waals surface area (Å²) in [4.78, 5) is 12.8. The lowest BCUT2D eigenvalue weighted by Gasteiger charge is -2.72. The van der Waals surface area contributed by atoms with E-state index in [1.807, 2.05) is 0 Å². The fourth-order valence-corrected chi connectivity index (χ4v) is 11.0. The molecule has 5 aliphatic carbocycles. The summed E-state index contributed by atoms with van der Waals surface area (Å²) >= 11 is 0. The van der Waals surface area contributed by atoms with E-state index in [1.54, 1.807) is 6.92 Å². The van der Waals surface area contributed by atoms with Crippen LogP contribution in [0.25, 0.3) is 0 Å². The van der Waals surface area contributed by atoms with Crippen molar-refractivity contribution in [3.05, 3.63) is 11.6 Å². The first-order valence-corrected chi connectivity index (χ1v) is 14.2. The Balaban J connectivity index is 1.67. The molecule has 0 aromatic rings. The van der Waals surface area contributed by atoms with Crippen molar-refractivity contribution in [2.45, 2.75) is 111 Å². The average Bonchev–Trinajstić information content (AvgIpc) is 2.77. The molecule has 7 nitrogen and oxygen atoms in total. The number of carboxylic acid groups (broad SMARTS) is 1. The van der Waals surface area contributed by atoms with E-state index in [0.29, 0.717) is 38.5 Å². The zero-order chi connectivity index (χ0) is 27.6. The van der Waals surface area contributed by atoms with E-state index in [4.69, 9.17) is 0 Å². The van der Waals surface area contributed by atoms with Crippen molar-refractivity contribution in [1.82, 2.24) is 0 Å². The Bertz CT molecular complexity index is 1010. The van der Waals surface area contributed by atoms with Crippen molar-refractivity contribution < 1.29 is 35.4 Å². The van der Waals surface area contributed by atoms with Crippen LogP contribution in [0.4, 0.5) is 0 Å². The van der Waals surface area contributed by atoms with E-state index >= 15 is 0 Å². The number of rotatable bonds is 2. The van der Waals surface area contributed by atoms with Crippen LogP contribution in [0.15, 0.2) is 11.6 Å². The highest BCUT2D eigenvalue weighted by Crippen LogP contribution is 2.75. The standard InChI is InChI=1S/C30H48O7/c1-25(2)9-10-30(24(36)37)17(11-25)16-7-8-20-26(3)12-19(33)23(35)27(4,15-31)22(26)18(32)13-29(20,6)28(16,5)14-21(30)34/h7,17-23,31-35H,8-15H2,1-6H3,(H,36,37). The fraction of sp³-hybridized carbons (Fsp3) is 0.900. The van der Waals surface area contributed by atoms with Crippen LogP contribution in [0.2, 0.25) is 0 Å². The van der Waals surface area contributed by atoms with Gasteiger partial charge in [-0.2, -0.15) is 0 Å². The van der Waals surface area contributed by atoms with Crippen LogP contribution in [-0.2, 0) is 4.79 Å². The van der Waals surface area contributed by atoms with Gasteiger partial charge in [0.2, 0.25) is 0 Å². The summed E-state index contributed by atoms with van der Waals surface area (Å²) in [5.41, 5.74) is -2.70. The zero-order valence-corrected chi connectivity index (χ0v) is 23.4. The number of aliphatic hydroxyl groups is 5. The molecule has 0 aliphatic heterocycles. The summed E-state index contributed by atoms with van der Waals surface area (Å²) in [7, 11) is 0. The van der Waals surface area contributed by atoms with E-state index in [1.165, 1.54) is 0 Å². The van der Waals surface area contributed by atoms with Crippen molar-refractivity contribution in [2.75, 3.05) is 6.61 Å². The van der Waals surface area contributed by atoms with Crippen molar-refractivity contribution in [3.63, 3.8) is 0 Å². The molecule has 210 valence electrons. The molecule has 37 heavy (non-hydrogen) atoms. The first-order valence-electron chi connectivity index (χ1n) is 14.2. The van der Waals surface area contributed by atoms with Gasteiger partial charge in [-0.05, 0) is 78.4 Å². The minimum absolute atomic E-state index is 0.0244. The third-order valence-corrected chi connectivity index (χ3v) is 13.1. The topological polar surface area (TPSA) is 138 Å². The predicted molar refractivity (Wildman–Crippen MR) is 138 cm³/mol. The van der Waals surface area contributed by atoms with Gasteiger partial charge in [0.25, 0.3) is 0 Å². The molecule has 5 rings (SSSR count). The number of allylic oxidation sites excluding steroid dienone is 2. The van der Waals surface area contributed by atoms with Crippen LogP contribution < -0.4 is 0 Å². The summed E-state index contributed by atoms with van der Waals surface area (Å²) in [5, 5.41) is 66.3. The van der Waals surface area contributed by atoms with Crippen LogP contribution >= 0.6 is 0 Å². The van der Waals surface area contributed by atoms with Crippen molar-refractivity contribution in [3.8, 4) is 0 Å². The first kappa shape index (κ1) is 27.6. The molecule has 5 aliphatic rings. The second-order valence-corrected chi connectivity index (χ2v) is 15.3. The zero-order valence-electron chi connectivity index (χ0n) is 23.4. The Hall–Kier alpha value is -0.990. The van der Waals surface area contributed by atoms with Gasteiger partial charge in [0.05, 0.1) is 31.0 Å². The smallest absolute Gasteiger partial charge is 0.312 e. The molecule has 6 N–H and O–H groups in total. The Kier molecular flexibility index (Phi) is 5.98. The highest BCUT2D eigenvalue weighted by molar-refractivity contribution is 5.77. The van der Waals surface area contributed by atoms with Crippen molar-refractivity contribution in [2.24, 2.45) is 50.2 Å². The Morgan fingerprint density at radius 1 is 0.919 bits per heavy atom. The summed E-state index contributed by atoms with van der Waals surface area (Å²) in [5.74, 6) is -1.56. The highest BCUT2D eigenvalue weighted by Gasteiger charge is 2.73. The summed E-state index contributed by atoms with van der Waals surface area (Å²) in [6.45, 7) is 12.3. The van der Waals surface area contributed by atoms with Gasteiger partial charge >= 0.3 is 5.97 Å². The molecule has 0 aromatic heterocycles. The Labute approximate surface area is 221 Å². The lowest BCUT2D eigenvalue weighted by atomic mass is 9.32. The molecule has 0 heterocycles. The van der Waals surface area contributed by atoms with Crippen LogP contribution in [0.5, 0.6) is 0 Å². The monoisotopic (exact) mass is 520 g/mol. The van der Waals surface area contributed by atoms with Gasteiger partial charge in [-0.15, -0.1) is 0 Å². The summed E-state index contributed by atoms with van der Waals surface area (Å²) in [6.07, 6.45) is 1.99. The van der Waals surface area contributed by atoms with Crippen LogP contribution in [0.3, 0.4) is 0 Å². The number of aliphatic carboxylic acids is 1. The third-order valence-electron chi connectivity index (χ3n) is 13.1. The quantitative estimate of drug-likeness (QED) is 0.308. The van der Waals surface area contributed by atoms with Gasteiger partial charge in [-0.1, -0.05) is 53.2 Å². The van der Waals surface area contributed by atoms with Crippen molar-refractivity contribution in [1.29, 1.82) is 0 Å². The molecule has 0 radical (unpaired) electrons. The second-order valence-electron chi connectivity index (χ2n) is 15.3. The van der Waals surface area contributed by atoms with Crippen LogP contribution in [0.1, 0.15) is 86.5 Å². The maximum absolute atomic E-state index is 12.8. The molecule has 0 aromatic carbocycles. The maximum Gasteiger partial charge on any atom is 0.312 e. The molecule has 0 spiro atoms. The summed E-state index contributed by atoms with van der Waals surface area (Å²) in [6, 6.07) is 0. The number of aliphatic hydroxyl groups excluding tert-OH is 5. The largest absolute Gasteiger partial charge is 0.481 e. The van der Waals surface area contributed by atoms with E-state index in [-0.39, 0.29) is 23.9 Å². The van der Waals surface area contributed by atoms with Gasteiger partial charge in [0.1, 0.15) is 5.41 Å². The Morgan fingerprint density at radius 3 is 2.16 bits per heavy atom. The van der Waals surface area contributed by atoms with Gasteiger partial charge in [0.15, 0.2) is 0 Å². The van der Waals surface area contributed by atoms with Crippen LogP contribution in [0, 0.1) is 50.2 Å². The molecule has 0 amide bonds. The minimum Gasteiger partial charge on any atom is -0.481 e. The second kappa shape index (κ2) is 8.03. The SMILES string of the molecule is CC1(C)CCC2(C(=O)O)C(O)CC3(C)C(=CCC4C5(C)CC(O)C(O)C(C)(CO)C5C(O)CC43C)C2C1. The fourth-order valence-electron chi connectivity index (χ4n) is 11.0. The van der Waals surface area contributed by atoms with Crippen LogP contribution in [-0.4, -0.2) is 67.6 Å². The van der Waals surface area contributed by atoms with E-state index in [9.17, 15) is 35.4 Å². The molecular weight excluding hydrogens is 472 g/mol. The Morgan fingerprint density at radius 2 is 1.57 bits per heavy atom. The van der Waals surface area contributed by atoms with E-state index < -0.39 is 63.4 Å². The van der Waals surface area contributed by atoms with Gasteiger partial charge in [0, 0.05) is 11.3 Å². The lowest BCUT2D eigenvalue weighted by Crippen LogP contribution is -2.72. The first-order chi connectivity index (χ1) is 16.9. The normalized spacial score (nSPS) is 56.7. The average molecular weight is 521 g/mol. The molecule has 12 unspecified atom stereocenters. The van der Waals surface area contributed by atoms with Crippen molar-refractivity contribution >= 4 is 5.97 Å². The van der Waals surface area contributed by atoms with Gasteiger partial charge in [-0.25, -0.2) is 0 Å². The maximum atomic E-state index is 12.8. The molecule has 4 saturated carbocycles. The van der Waals surface area contributed by atoms with Gasteiger partial charge < -0.3 is 30.6 Å². The number of fused-ring (bicyclic) bond motifs is 7. The predicted octanol–water partition coefficient (Wildman–Crippen LogP) is 3.12. The highest BCUT2D eigenvalue weighted by atomic mass is 16.4. The number of hydrogen-bond donors (Lipinski definition) is 6. The number of carboxylic acids is 1. The summed E-state index contributed by atoms with van der Waals surface area (Å²) < 4.78 is 0. The number of hydrogen-bond acceptors (Lipinski definition) is 6. The third kappa shape index (κ3) is 3.21. The number of carbonyl (C=O) groups is 1. The molecule has 0 saturated heterocycles. The van der Waals surface area contributed by atoms with Gasteiger partial charge in [-0.3, -0.25) is 4.79 Å². The molecule has 7 heteroatoms. The lowest BCUT2D eigenvalue weighted by molar-refractivity contribution is -0.276.